The zero-order chi connectivity index (χ0) is 27.9. The second kappa shape index (κ2) is 10.1. The summed E-state index contributed by atoms with van der Waals surface area (Å²) in [5.74, 6) is 0.851. The lowest BCUT2D eigenvalue weighted by Gasteiger charge is -2.28. The van der Waals surface area contributed by atoms with Gasteiger partial charge in [-0.25, -0.2) is 0 Å². The highest BCUT2D eigenvalue weighted by Gasteiger charge is 2.20. The Bertz CT molecular complexity index is 2160. The molecule has 0 unspecified atom stereocenters. The second-order valence-electron chi connectivity index (χ2n) is 10.6. The number of fused-ring (bicyclic) bond motifs is 3. The number of furan rings is 1. The molecule has 2 heteroatoms. The van der Waals surface area contributed by atoms with Gasteiger partial charge in [0.15, 0.2) is 0 Å². The first kappa shape index (κ1) is 24.2. The van der Waals surface area contributed by atoms with E-state index in [1.807, 2.05) is 18.2 Å². The molecule has 198 valence electrons. The zero-order valence-corrected chi connectivity index (χ0v) is 22.9. The van der Waals surface area contributed by atoms with Crippen LogP contribution in [0.3, 0.4) is 0 Å². The van der Waals surface area contributed by atoms with Crippen molar-refractivity contribution in [3.63, 3.8) is 0 Å². The Balaban J connectivity index is 1.33. The first-order chi connectivity index (χ1) is 20.8. The number of hydrogen-bond donors (Lipinski definition) is 0. The molecule has 0 saturated heterocycles. The van der Waals surface area contributed by atoms with E-state index >= 15 is 0 Å². The second-order valence-corrected chi connectivity index (χ2v) is 10.6. The summed E-state index contributed by atoms with van der Waals surface area (Å²) in [5, 5.41) is 6.00. The lowest BCUT2D eigenvalue weighted by Crippen LogP contribution is -2.11. The number of anilines is 3. The monoisotopic (exact) mass is 537 g/mol. The van der Waals surface area contributed by atoms with Gasteiger partial charge in [-0.2, -0.15) is 0 Å². The summed E-state index contributed by atoms with van der Waals surface area (Å²) in [5.41, 5.74) is 7.62. The predicted octanol–water partition coefficient (Wildman–Crippen LogP) is 11.5. The average Bonchev–Trinajstić information content (AvgIpc) is 3.50. The Morgan fingerprint density at radius 2 is 0.976 bits per heavy atom. The van der Waals surface area contributed by atoms with Crippen molar-refractivity contribution in [1.29, 1.82) is 0 Å². The fourth-order valence-corrected chi connectivity index (χ4v) is 6.07. The van der Waals surface area contributed by atoms with Crippen LogP contribution in [0.25, 0.3) is 55.0 Å². The molecule has 0 aliphatic carbocycles. The molecule has 1 heterocycles. The van der Waals surface area contributed by atoms with Gasteiger partial charge in [-0.1, -0.05) is 121 Å². The van der Waals surface area contributed by atoms with Crippen LogP contribution in [0.2, 0.25) is 0 Å². The minimum absolute atomic E-state index is 0.851. The van der Waals surface area contributed by atoms with Crippen molar-refractivity contribution >= 4 is 49.6 Å². The molecular weight excluding hydrogens is 510 g/mol. The summed E-state index contributed by atoms with van der Waals surface area (Å²) in [6.45, 7) is 0. The molecule has 8 rings (SSSR count). The highest BCUT2D eigenvalue weighted by Crippen LogP contribution is 2.44. The third kappa shape index (κ3) is 4.13. The van der Waals surface area contributed by atoms with Gasteiger partial charge in [0.05, 0.1) is 11.4 Å². The van der Waals surface area contributed by atoms with Crippen molar-refractivity contribution in [2.45, 2.75) is 0 Å². The van der Waals surface area contributed by atoms with Crippen LogP contribution < -0.4 is 4.90 Å². The molecule has 0 saturated carbocycles. The van der Waals surface area contributed by atoms with E-state index in [9.17, 15) is 0 Å². The molecule has 0 fully saturated rings. The summed E-state index contributed by atoms with van der Waals surface area (Å²) in [6.07, 6.45) is 0. The van der Waals surface area contributed by atoms with E-state index in [1.165, 1.54) is 32.7 Å². The smallest absolute Gasteiger partial charge is 0.137 e. The molecule has 0 radical (unpaired) electrons. The van der Waals surface area contributed by atoms with Crippen LogP contribution in [0.1, 0.15) is 0 Å². The molecular formula is C40H27NO. The van der Waals surface area contributed by atoms with Gasteiger partial charge < -0.3 is 9.32 Å². The molecule has 7 aromatic carbocycles. The molecule has 42 heavy (non-hydrogen) atoms. The Labute approximate surface area is 244 Å². The number of nitrogens with zero attached hydrogens (tertiary/aromatic N) is 1. The van der Waals surface area contributed by atoms with E-state index in [-0.39, 0.29) is 0 Å². The Kier molecular flexibility index (Phi) is 5.82. The standard InChI is InChI=1S/C40H27NO/c1-4-16-33-28(11-1)14-9-19-34(33)30-23-25-32(26-24-30)41(37-21-10-15-29-12-2-5-17-35(29)37)38-20-7-6-18-36(38)40-27-31-13-3-8-22-39(31)42-40/h1-27H. The minimum Gasteiger partial charge on any atom is -0.456 e. The first-order valence-corrected chi connectivity index (χ1v) is 14.3. The molecule has 0 aliphatic rings. The van der Waals surface area contributed by atoms with E-state index in [4.69, 9.17) is 4.42 Å². The van der Waals surface area contributed by atoms with Gasteiger partial charge in [0.2, 0.25) is 0 Å². The highest BCUT2D eigenvalue weighted by molar-refractivity contribution is 6.02. The quantitative estimate of drug-likeness (QED) is 0.217. The lowest BCUT2D eigenvalue weighted by molar-refractivity contribution is 0.631. The summed E-state index contributed by atoms with van der Waals surface area (Å²) in [7, 11) is 0. The van der Waals surface area contributed by atoms with Crippen LogP contribution in [0.15, 0.2) is 168 Å². The number of para-hydroxylation sites is 2. The molecule has 1 aromatic heterocycles. The number of hydrogen-bond acceptors (Lipinski definition) is 2. The van der Waals surface area contributed by atoms with Gasteiger partial charge in [-0.3, -0.25) is 0 Å². The van der Waals surface area contributed by atoms with E-state index in [2.05, 4.69) is 150 Å². The zero-order valence-electron chi connectivity index (χ0n) is 22.9. The molecule has 2 nitrogen and oxygen atoms in total. The van der Waals surface area contributed by atoms with Crippen LogP contribution >= 0.6 is 0 Å². The fraction of sp³-hybridized carbons (Fsp3) is 0. The maximum absolute atomic E-state index is 6.40. The van der Waals surface area contributed by atoms with E-state index in [0.29, 0.717) is 0 Å². The number of benzene rings is 7. The summed E-state index contributed by atoms with van der Waals surface area (Å²) in [6, 6.07) is 57.9. The van der Waals surface area contributed by atoms with Crippen LogP contribution in [-0.4, -0.2) is 0 Å². The van der Waals surface area contributed by atoms with Crippen molar-refractivity contribution in [1.82, 2.24) is 0 Å². The van der Waals surface area contributed by atoms with Crippen molar-refractivity contribution in [3.05, 3.63) is 164 Å². The van der Waals surface area contributed by atoms with Gasteiger partial charge >= 0.3 is 0 Å². The first-order valence-electron chi connectivity index (χ1n) is 14.3. The van der Waals surface area contributed by atoms with E-state index in [0.717, 1.165) is 39.4 Å². The molecule has 0 amide bonds. The van der Waals surface area contributed by atoms with Gasteiger partial charge in [0, 0.05) is 22.0 Å². The third-order valence-corrected chi connectivity index (χ3v) is 8.07. The molecule has 0 aliphatic heterocycles. The van der Waals surface area contributed by atoms with Crippen molar-refractivity contribution in [2.75, 3.05) is 4.90 Å². The van der Waals surface area contributed by atoms with E-state index in [1.54, 1.807) is 0 Å². The SMILES string of the molecule is c1ccc(N(c2ccc(-c3cccc4ccccc34)cc2)c2cccc3ccccc23)c(-c2cc3ccccc3o2)c1. The fourth-order valence-electron chi connectivity index (χ4n) is 6.07. The van der Waals surface area contributed by atoms with Crippen molar-refractivity contribution in [3.8, 4) is 22.5 Å². The molecule has 8 aromatic rings. The van der Waals surface area contributed by atoms with Gasteiger partial charge in [0.25, 0.3) is 0 Å². The largest absolute Gasteiger partial charge is 0.456 e. The predicted molar refractivity (Wildman–Crippen MR) is 177 cm³/mol. The van der Waals surface area contributed by atoms with E-state index < -0.39 is 0 Å². The van der Waals surface area contributed by atoms with Gasteiger partial charge in [-0.15, -0.1) is 0 Å². The normalized spacial score (nSPS) is 11.3. The lowest BCUT2D eigenvalue weighted by atomic mass is 9.97. The summed E-state index contributed by atoms with van der Waals surface area (Å²) < 4.78 is 6.40. The van der Waals surface area contributed by atoms with Crippen LogP contribution in [-0.2, 0) is 0 Å². The topological polar surface area (TPSA) is 16.4 Å². The Morgan fingerprint density at radius 3 is 1.79 bits per heavy atom. The van der Waals surface area contributed by atoms with Crippen LogP contribution in [0, 0.1) is 0 Å². The number of rotatable bonds is 5. The Hall–Kier alpha value is -5.60. The highest BCUT2D eigenvalue weighted by atomic mass is 16.3. The van der Waals surface area contributed by atoms with Crippen molar-refractivity contribution < 1.29 is 4.42 Å². The maximum atomic E-state index is 6.40. The summed E-state index contributed by atoms with van der Waals surface area (Å²) in [4.78, 5) is 2.36. The van der Waals surface area contributed by atoms with Gasteiger partial charge in [-0.05, 0) is 69.8 Å². The molecule has 0 atom stereocenters. The summed E-state index contributed by atoms with van der Waals surface area (Å²) >= 11 is 0. The maximum Gasteiger partial charge on any atom is 0.137 e. The Morgan fingerprint density at radius 1 is 0.405 bits per heavy atom. The minimum atomic E-state index is 0.851. The molecule has 0 spiro atoms. The third-order valence-electron chi connectivity index (χ3n) is 8.07. The molecule has 0 N–H and O–H groups in total. The van der Waals surface area contributed by atoms with Crippen molar-refractivity contribution in [2.24, 2.45) is 0 Å². The molecule has 0 bridgehead atoms. The average molecular weight is 538 g/mol. The van der Waals surface area contributed by atoms with Crippen LogP contribution in [0.5, 0.6) is 0 Å². The van der Waals surface area contributed by atoms with Gasteiger partial charge in [0.1, 0.15) is 11.3 Å². The van der Waals surface area contributed by atoms with Crippen LogP contribution in [0.4, 0.5) is 17.1 Å².